The Balaban J connectivity index is 1.76. The molecule has 4 nitrogen and oxygen atoms in total. The molecule has 0 aromatic heterocycles. The highest BCUT2D eigenvalue weighted by Crippen LogP contribution is 2.21. The summed E-state index contributed by atoms with van der Waals surface area (Å²) < 4.78 is 28.3. The summed E-state index contributed by atoms with van der Waals surface area (Å²) in [5, 5.41) is 3.28. The number of rotatable bonds is 4. The van der Waals surface area contributed by atoms with Crippen LogP contribution >= 0.6 is 15.9 Å². The van der Waals surface area contributed by atoms with Gasteiger partial charge in [0, 0.05) is 24.1 Å². The van der Waals surface area contributed by atoms with Gasteiger partial charge in [0.2, 0.25) is 10.0 Å². The van der Waals surface area contributed by atoms with E-state index >= 15 is 0 Å². The molecule has 0 spiro atoms. The Morgan fingerprint density at radius 2 is 1.91 bits per heavy atom. The highest BCUT2D eigenvalue weighted by atomic mass is 79.9. The summed E-state index contributed by atoms with van der Waals surface area (Å²) in [5.41, 5.74) is 4.40. The summed E-state index contributed by atoms with van der Waals surface area (Å²) in [6.07, 6.45) is 0. The van der Waals surface area contributed by atoms with Crippen LogP contribution in [0.4, 0.5) is 0 Å². The smallest absolute Gasteiger partial charge is 0.240 e. The highest BCUT2D eigenvalue weighted by molar-refractivity contribution is 9.10. The lowest BCUT2D eigenvalue weighted by Crippen LogP contribution is -2.23. The first-order valence-electron chi connectivity index (χ1n) is 7.03. The molecule has 2 aromatic rings. The maximum absolute atomic E-state index is 12.4. The Hall–Kier alpha value is -1.21. The van der Waals surface area contributed by atoms with E-state index < -0.39 is 10.0 Å². The largest absolute Gasteiger partial charge is 0.309 e. The number of nitrogens with one attached hydrogen (secondary N) is 2. The summed E-state index contributed by atoms with van der Waals surface area (Å²) in [6.45, 7) is 3.91. The summed E-state index contributed by atoms with van der Waals surface area (Å²) >= 11 is 3.38. The lowest BCUT2D eigenvalue weighted by Gasteiger charge is -2.09. The Morgan fingerprint density at radius 1 is 1.14 bits per heavy atom. The first-order chi connectivity index (χ1) is 10.5. The van der Waals surface area contributed by atoms with Gasteiger partial charge in [0.1, 0.15) is 0 Å². The van der Waals surface area contributed by atoms with Crippen molar-refractivity contribution in [1.82, 2.24) is 10.0 Å². The normalized spacial score (nSPS) is 14.1. The molecule has 0 atom stereocenters. The van der Waals surface area contributed by atoms with E-state index in [4.69, 9.17) is 0 Å². The van der Waals surface area contributed by atoms with Crippen molar-refractivity contribution < 1.29 is 8.42 Å². The van der Waals surface area contributed by atoms with Gasteiger partial charge in [-0.25, -0.2) is 13.1 Å². The number of halogens is 1. The molecule has 6 heteroatoms. The molecule has 0 saturated carbocycles. The van der Waals surface area contributed by atoms with Crippen LogP contribution in [0.3, 0.4) is 0 Å². The first kappa shape index (κ1) is 15.7. The van der Waals surface area contributed by atoms with Gasteiger partial charge in [-0.05, 0) is 47.4 Å². The average Bonchev–Trinajstić information content (AvgIpc) is 2.95. The molecule has 3 rings (SSSR count). The van der Waals surface area contributed by atoms with Gasteiger partial charge in [-0.1, -0.05) is 34.1 Å². The third-order valence-corrected chi connectivity index (χ3v) is 6.10. The van der Waals surface area contributed by atoms with E-state index in [-0.39, 0.29) is 4.90 Å². The van der Waals surface area contributed by atoms with E-state index in [9.17, 15) is 8.42 Å². The fourth-order valence-corrected chi connectivity index (χ4v) is 3.85. The number of sulfonamides is 1. The van der Waals surface area contributed by atoms with Gasteiger partial charge in [0.25, 0.3) is 0 Å². The van der Waals surface area contributed by atoms with Gasteiger partial charge in [0.15, 0.2) is 0 Å². The van der Waals surface area contributed by atoms with Crippen LogP contribution in [-0.4, -0.2) is 8.42 Å². The van der Waals surface area contributed by atoms with E-state index in [1.54, 1.807) is 18.2 Å². The third-order valence-electron chi connectivity index (χ3n) is 3.81. The van der Waals surface area contributed by atoms with E-state index in [1.165, 1.54) is 11.1 Å². The highest BCUT2D eigenvalue weighted by Gasteiger charge is 2.15. The summed E-state index contributed by atoms with van der Waals surface area (Å²) in [5.74, 6) is 0. The predicted octanol–water partition coefficient (Wildman–Crippen LogP) is 2.84. The van der Waals surface area contributed by atoms with E-state index in [2.05, 4.69) is 38.1 Å². The van der Waals surface area contributed by atoms with Crippen molar-refractivity contribution in [2.24, 2.45) is 0 Å². The van der Waals surface area contributed by atoms with Gasteiger partial charge in [-0.3, -0.25) is 0 Å². The fraction of sp³-hybridized carbons (Fsp3) is 0.250. The molecule has 1 aliphatic rings. The maximum atomic E-state index is 12.4. The molecule has 0 unspecified atom stereocenters. The fourth-order valence-electron chi connectivity index (χ4n) is 2.50. The number of hydrogen-bond acceptors (Lipinski definition) is 3. The van der Waals surface area contributed by atoms with E-state index in [1.807, 2.05) is 13.0 Å². The van der Waals surface area contributed by atoms with Gasteiger partial charge < -0.3 is 5.32 Å². The lowest BCUT2D eigenvalue weighted by molar-refractivity contribution is 0.581. The molecule has 0 fully saturated rings. The number of fused-ring (bicyclic) bond motifs is 1. The zero-order valence-corrected chi connectivity index (χ0v) is 14.6. The van der Waals surface area contributed by atoms with Crippen LogP contribution in [0, 0.1) is 6.92 Å². The summed E-state index contributed by atoms with van der Waals surface area (Å²) in [6, 6.07) is 11.1. The molecule has 116 valence electrons. The first-order valence-corrected chi connectivity index (χ1v) is 9.30. The standard InChI is InChI=1S/C16H17BrN2O2S/c1-11-6-15(4-5-16(11)17)22(20,21)19-8-12-2-3-13-9-18-10-14(13)7-12/h2-7,18-19H,8-10H2,1H3. The number of aryl methyl sites for hydroxylation is 1. The maximum Gasteiger partial charge on any atom is 0.240 e. The van der Waals surface area contributed by atoms with Crippen molar-refractivity contribution in [3.63, 3.8) is 0 Å². The molecule has 0 aliphatic carbocycles. The Labute approximate surface area is 139 Å². The van der Waals surface area contributed by atoms with E-state index in [0.29, 0.717) is 6.54 Å². The monoisotopic (exact) mass is 380 g/mol. The van der Waals surface area contributed by atoms with Crippen molar-refractivity contribution in [2.45, 2.75) is 31.5 Å². The SMILES string of the molecule is Cc1cc(S(=O)(=O)NCc2ccc3c(c2)CNC3)ccc1Br. The summed E-state index contributed by atoms with van der Waals surface area (Å²) in [7, 11) is -3.50. The minimum atomic E-state index is -3.50. The third kappa shape index (κ3) is 3.25. The average molecular weight is 381 g/mol. The molecule has 0 radical (unpaired) electrons. The minimum Gasteiger partial charge on any atom is -0.309 e. The molecule has 0 bridgehead atoms. The number of benzene rings is 2. The Morgan fingerprint density at radius 3 is 2.68 bits per heavy atom. The molecule has 2 aromatic carbocycles. The molecule has 2 N–H and O–H groups in total. The van der Waals surface area contributed by atoms with Crippen LogP contribution < -0.4 is 10.0 Å². The zero-order valence-electron chi connectivity index (χ0n) is 12.2. The van der Waals surface area contributed by atoms with Crippen LogP contribution in [0.25, 0.3) is 0 Å². The molecule has 0 amide bonds. The molecule has 1 aliphatic heterocycles. The molecular formula is C16H17BrN2O2S. The lowest BCUT2D eigenvalue weighted by atomic mass is 10.1. The van der Waals surface area contributed by atoms with Crippen LogP contribution in [0.2, 0.25) is 0 Å². The van der Waals surface area contributed by atoms with Gasteiger partial charge in [-0.2, -0.15) is 0 Å². The molecule has 22 heavy (non-hydrogen) atoms. The second kappa shape index (κ2) is 6.12. The second-order valence-corrected chi connectivity index (χ2v) is 8.06. The van der Waals surface area contributed by atoms with Crippen molar-refractivity contribution in [2.75, 3.05) is 0 Å². The van der Waals surface area contributed by atoms with Gasteiger partial charge in [-0.15, -0.1) is 0 Å². The number of hydrogen-bond donors (Lipinski definition) is 2. The van der Waals surface area contributed by atoms with Crippen LogP contribution in [0.5, 0.6) is 0 Å². The van der Waals surface area contributed by atoms with Crippen LogP contribution in [0.1, 0.15) is 22.3 Å². The van der Waals surface area contributed by atoms with E-state index in [0.717, 1.165) is 28.7 Å². The minimum absolute atomic E-state index is 0.288. The quantitative estimate of drug-likeness (QED) is 0.857. The molecular weight excluding hydrogens is 364 g/mol. The van der Waals surface area contributed by atoms with Crippen LogP contribution in [0.15, 0.2) is 45.8 Å². The Bertz CT molecular complexity index is 819. The Kier molecular flexibility index (Phi) is 4.36. The van der Waals surface area contributed by atoms with Crippen molar-refractivity contribution in [3.05, 3.63) is 63.1 Å². The van der Waals surface area contributed by atoms with Crippen molar-refractivity contribution >= 4 is 26.0 Å². The summed E-state index contributed by atoms with van der Waals surface area (Å²) in [4.78, 5) is 0.288. The van der Waals surface area contributed by atoms with Gasteiger partial charge >= 0.3 is 0 Å². The predicted molar refractivity (Wildman–Crippen MR) is 89.9 cm³/mol. The second-order valence-electron chi connectivity index (χ2n) is 5.44. The zero-order chi connectivity index (χ0) is 15.7. The molecule has 1 heterocycles. The van der Waals surface area contributed by atoms with Gasteiger partial charge in [0.05, 0.1) is 4.90 Å². The van der Waals surface area contributed by atoms with Crippen molar-refractivity contribution in [3.8, 4) is 0 Å². The topological polar surface area (TPSA) is 58.2 Å². The van der Waals surface area contributed by atoms with Crippen molar-refractivity contribution in [1.29, 1.82) is 0 Å². The van der Waals surface area contributed by atoms with Crippen LogP contribution in [-0.2, 0) is 29.7 Å². The molecule has 0 saturated heterocycles.